The number of aromatic amines is 2. The maximum Gasteiger partial charge on any atom is 0.353 e. The zero-order valence-electron chi connectivity index (χ0n) is 39.6. The number of carboxylic acids is 2. The molecule has 7 aromatic heterocycles. The van der Waals surface area contributed by atoms with Crippen LogP contribution < -0.4 is 16.4 Å². The van der Waals surface area contributed by atoms with Gasteiger partial charge in [0.15, 0.2) is 9.84 Å². The number of carboxylic acid groups (broad SMARTS) is 2. The maximum atomic E-state index is 15.2. The van der Waals surface area contributed by atoms with Crippen LogP contribution in [-0.2, 0) is 34.1 Å². The summed E-state index contributed by atoms with van der Waals surface area (Å²) in [6, 6.07) is 16.4. The van der Waals surface area contributed by atoms with E-state index in [1.54, 1.807) is 24.3 Å². The normalized spacial score (nSPS) is 13.2. The number of carbonyl (C=O) groups excluding carboxylic acids is 1. The number of sulfone groups is 1. The molecule has 10 aromatic rings. The third-order valence-corrected chi connectivity index (χ3v) is 14.9. The van der Waals surface area contributed by atoms with Gasteiger partial charge in [0.1, 0.15) is 51.2 Å². The van der Waals surface area contributed by atoms with Gasteiger partial charge in [0.25, 0.3) is 11.1 Å². The molecule has 0 bridgehead atoms. The first-order valence-corrected chi connectivity index (χ1v) is 25.5. The fourth-order valence-corrected chi connectivity index (χ4v) is 10.9. The standard InChI is InChI=1S/C29H20ClFN4O5.C25H15F2N3O6S/c30-26-15(9-13-8-14(10-20(13)34-26)27(36)33-16-3-4-16)12-35-21-11-19(31)17-5-7-40-25(17)23(21)22(24(35)29(38)39)18-2-1-6-32-28(18)37;1-37(34,35)19-9-16(26)13(7-12(19)10-28)11-30-18-8-17(27)14-4-6-36-23(14)21(18)20(22(30)25(32)33)15-3-2-5-29-24(15)31/h1-2,5-7,9-11,16H,3-4,8,12H2,(H,32,37)(H,33,36)(H,38,39);2-9H,11H2,1H3,(H,29,31)(H,32,33). The molecule has 12 rings (SSSR count). The van der Waals surface area contributed by atoms with Crippen LogP contribution >= 0.6 is 11.6 Å². The fourth-order valence-electron chi connectivity index (χ4n) is 9.84. The molecule has 77 heavy (non-hydrogen) atoms. The van der Waals surface area contributed by atoms with Crippen LogP contribution in [0.1, 0.15) is 61.8 Å². The average molecular weight is 1080 g/mol. The number of halogens is 4. The van der Waals surface area contributed by atoms with Gasteiger partial charge in [-0.25, -0.2) is 36.2 Å². The van der Waals surface area contributed by atoms with Crippen molar-refractivity contribution in [2.45, 2.75) is 43.3 Å². The summed E-state index contributed by atoms with van der Waals surface area (Å²) in [4.78, 5) is 72.5. The van der Waals surface area contributed by atoms with Gasteiger partial charge in [-0.15, -0.1) is 0 Å². The number of rotatable bonds is 11. The van der Waals surface area contributed by atoms with Gasteiger partial charge in [-0.05, 0) is 91.2 Å². The lowest BCUT2D eigenvalue weighted by atomic mass is 10.0. The van der Waals surface area contributed by atoms with Crippen molar-refractivity contribution < 1.29 is 55.0 Å². The van der Waals surface area contributed by atoms with Crippen LogP contribution in [0.3, 0.4) is 0 Å². The van der Waals surface area contributed by atoms with Gasteiger partial charge in [-0.3, -0.25) is 14.4 Å². The van der Waals surface area contributed by atoms with Gasteiger partial charge in [-0.1, -0.05) is 11.6 Å². The number of pyridine rings is 3. The molecule has 0 unspecified atom stereocenters. The molecule has 7 heterocycles. The molecule has 0 spiro atoms. The smallest absolute Gasteiger partial charge is 0.353 e. The van der Waals surface area contributed by atoms with E-state index in [-0.39, 0.29) is 101 Å². The monoisotopic (exact) mass is 1080 g/mol. The molecular formula is C54H35ClF3N7O11S. The largest absolute Gasteiger partial charge is 0.477 e. The van der Waals surface area contributed by atoms with E-state index in [9.17, 15) is 47.9 Å². The predicted octanol–water partition coefficient (Wildman–Crippen LogP) is 8.94. The van der Waals surface area contributed by atoms with E-state index in [1.165, 1.54) is 65.9 Å². The molecule has 0 radical (unpaired) electrons. The Morgan fingerprint density at radius 2 is 1.34 bits per heavy atom. The molecule has 0 aliphatic heterocycles. The molecule has 3 aromatic carbocycles. The summed E-state index contributed by atoms with van der Waals surface area (Å²) in [5.74, 6) is -5.32. The number of aromatic carboxylic acids is 2. The summed E-state index contributed by atoms with van der Waals surface area (Å²) in [7, 11) is -3.94. The van der Waals surface area contributed by atoms with Crippen LogP contribution in [0.2, 0.25) is 5.15 Å². The first kappa shape index (κ1) is 49.7. The molecule has 5 N–H and O–H groups in total. The molecule has 1 amide bonds. The molecule has 23 heteroatoms. The van der Waals surface area contributed by atoms with Gasteiger partial charge < -0.3 is 43.5 Å². The number of nitrogens with one attached hydrogen (secondary N) is 3. The van der Waals surface area contributed by atoms with Crippen LogP contribution in [0.5, 0.6) is 0 Å². The summed E-state index contributed by atoms with van der Waals surface area (Å²) in [5.41, 5.74) is 0.430. The molecule has 386 valence electrons. The van der Waals surface area contributed by atoms with Crippen LogP contribution in [0.15, 0.2) is 121 Å². The minimum atomic E-state index is -3.94. The zero-order valence-corrected chi connectivity index (χ0v) is 41.2. The molecular weight excluding hydrogens is 1050 g/mol. The van der Waals surface area contributed by atoms with E-state index in [0.717, 1.165) is 41.4 Å². The Balaban J connectivity index is 0.000000164. The maximum absolute atomic E-state index is 15.2. The highest BCUT2D eigenvalue weighted by molar-refractivity contribution is 7.90. The van der Waals surface area contributed by atoms with Crippen molar-refractivity contribution in [3.8, 4) is 28.3 Å². The Labute approximate surface area is 434 Å². The van der Waals surface area contributed by atoms with Gasteiger partial charge in [0.05, 0.1) is 85.5 Å². The fraction of sp³-hybridized carbons (Fsp3) is 0.130. The number of H-pyrrole nitrogens is 2. The molecule has 0 atom stereocenters. The number of carbonyl (C=O) groups is 3. The van der Waals surface area contributed by atoms with E-state index >= 15 is 13.2 Å². The van der Waals surface area contributed by atoms with Crippen LogP contribution in [0.4, 0.5) is 13.2 Å². The second-order valence-electron chi connectivity index (χ2n) is 18.3. The Bertz CT molecular complexity index is 4560. The quantitative estimate of drug-likeness (QED) is 0.0758. The van der Waals surface area contributed by atoms with Crippen LogP contribution in [-0.4, -0.2) is 72.9 Å². The van der Waals surface area contributed by atoms with Gasteiger partial charge >= 0.3 is 11.9 Å². The zero-order chi connectivity index (χ0) is 54.4. The van der Waals surface area contributed by atoms with E-state index in [4.69, 9.17) is 20.4 Å². The first-order valence-electron chi connectivity index (χ1n) is 23.2. The van der Waals surface area contributed by atoms with Crippen molar-refractivity contribution in [2.24, 2.45) is 0 Å². The van der Waals surface area contributed by atoms with E-state index in [0.29, 0.717) is 34.7 Å². The summed E-state index contributed by atoms with van der Waals surface area (Å²) in [6.07, 6.45) is 10.2. The van der Waals surface area contributed by atoms with Crippen molar-refractivity contribution in [1.29, 1.82) is 5.26 Å². The van der Waals surface area contributed by atoms with Crippen LogP contribution in [0, 0.1) is 28.8 Å². The summed E-state index contributed by atoms with van der Waals surface area (Å²) in [5, 5.41) is 33.8. The lowest BCUT2D eigenvalue weighted by Gasteiger charge is -2.12. The highest BCUT2D eigenvalue weighted by Gasteiger charge is 2.33. The second kappa shape index (κ2) is 18.7. The Morgan fingerprint density at radius 3 is 1.82 bits per heavy atom. The number of furan rings is 2. The minimum absolute atomic E-state index is 0.0132. The molecule has 18 nitrogen and oxygen atoms in total. The van der Waals surface area contributed by atoms with Crippen molar-refractivity contribution in [1.82, 2.24) is 29.4 Å². The summed E-state index contributed by atoms with van der Waals surface area (Å²) in [6.45, 7) is -0.615. The molecule has 2 aliphatic carbocycles. The number of nitrogens with zero attached hydrogens (tertiary/aromatic N) is 4. The van der Waals surface area contributed by atoms with Crippen molar-refractivity contribution in [3.05, 3.63) is 180 Å². The molecule has 2 aliphatic rings. The number of aromatic nitrogens is 5. The van der Waals surface area contributed by atoms with Gasteiger partial charge in [0.2, 0.25) is 5.91 Å². The minimum Gasteiger partial charge on any atom is -0.477 e. The van der Waals surface area contributed by atoms with E-state index in [2.05, 4.69) is 20.3 Å². The van der Waals surface area contributed by atoms with Crippen molar-refractivity contribution in [2.75, 3.05) is 6.26 Å². The lowest BCUT2D eigenvalue weighted by molar-refractivity contribution is -0.117. The van der Waals surface area contributed by atoms with Gasteiger partial charge in [0, 0.05) is 58.9 Å². The van der Waals surface area contributed by atoms with Crippen molar-refractivity contribution >= 4 is 89.1 Å². The van der Waals surface area contributed by atoms with Crippen LogP contribution in [0.25, 0.3) is 72.1 Å². The summed E-state index contributed by atoms with van der Waals surface area (Å²) >= 11 is 6.57. The number of nitriles is 1. The third-order valence-electron chi connectivity index (χ3n) is 13.4. The third kappa shape index (κ3) is 8.60. The van der Waals surface area contributed by atoms with E-state index < -0.39 is 67.5 Å². The number of amides is 1. The Hall–Kier alpha value is -9.46. The number of hydrogen-bond acceptors (Lipinski definition) is 11. The van der Waals surface area contributed by atoms with Gasteiger partial charge in [-0.2, -0.15) is 5.26 Å². The SMILES string of the molecule is CS(=O)(=O)c1cc(F)c(Cn2c(C(=O)O)c(-c3ccc[nH]c3=O)c3c4occc4c(F)cc32)cc1C#N.O=C(NC1CC1)C1=Cc2nc(Cl)c(Cn3c(C(=O)O)c(-c4ccc[nH]c4=O)c4c5occc5c(F)cc43)cc2C1. The highest BCUT2D eigenvalue weighted by Crippen LogP contribution is 2.43. The number of fused-ring (bicyclic) bond motifs is 7. The summed E-state index contributed by atoms with van der Waals surface area (Å²) < 4.78 is 82.9. The predicted molar refractivity (Wildman–Crippen MR) is 274 cm³/mol. The van der Waals surface area contributed by atoms with Crippen molar-refractivity contribution in [3.63, 3.8) is 0 Å². The number of hydrogen-bond donors (Lipinski definition) is 5. The highest BCUT2D eigenvalue weighted by atomic mass is 35.5. The Kier molecular flexibility index (Phi) is 12.1. The molecule has 1 fully saturated rings. The Morgan fingerprint density at radius 1 is 0.805 bits per heavy atom. The molecule has 1 saturated carbocycles. The topological polar surface area (TPSA) is 276 Å². The van der Waals surface area contributed by atoms with E-state index in [1.807, 2.05) is 0 Å². The molecule has 0 saturated heterocycles. The lowest BCUT2D eigenvalue weighted by Crippen LogP contribution is -2.26. The average Bonchev–Trinajstić information content (AvgIpc) is 4.10. The second-order valence-corrected chi connectivity index (χ2v) is 20.6. The first-order chi connectivity index (χ1) is 36.8. The number of benzene rings is 3.